The third-order valence-electron chi connectivity index (χ3n) is 4.46. The summed E-state index contributed by atoms with van der Waals surface area (Å²) in [6, 6.07) is 16.1. The molecule has 0 aliphatic rings. The van der Waals surface area contributed by atoms with Crippen LogP contribution in [0, 0.1) is 0 Å². The highest BCUT2D eigenvalue weighted by Gasteiger charge is 2.18. The molecule has 1 atom stereocenters. The van der Waals surface area contributed by atoms with Gasteiger partial charge in [0.05, 0.1) is 29.1 Å². The van der Waals surface area contributed by atoms with Gasteiger partial charge in [0.15, 0.2) is 14.9 Å². The van der Waals surface area contributed by atoms with Gasteiger partial charge in [0.2, 0.25) is 0 Å². The van der Waals surface area contributed by atoms with Gasteiger partial charge in [-0.2, -0.15) is 5.10 Å². The van der Waals surface area contributed by atoms with Crippen molar-refractivity contribution >= 4 is 20.7 Å². The first-order chi connectivity index (χ1) is 13.4. The van der Waals surface area contributed by atoms with E-state index < -0.39 is 15.9 Å². The molecule has 142 valence electrons. The summed E-state index contributed by atoms with van der Waals surface area (Å²) in [5.74, 6) is 0. The molecule has 0 amide bonds. The van der Waals surface area contributed by atoms with Crippen LogP contribution in [0.4, 0.5) is 0 Å². The van der Waals surface area contributed by atoms with Gasteiger partial charge in [-0.3, -0.25) is 4.98 Å². The summed E-state index contributed by atoms with van der Waals surface area (Å²) in [6.45, 7) is 0. The number of pyridine rings is 2. The fourth-order valence-corrected chi connectivity index (χ4v) is 3.75. The van der Waals surface area contributed by atoms with Crippen LogP contribution >= 0.6 is 0 Å². The summed E-state index contributed by atoms with van der Waals surface area (Å²) in [5, 5.41) is 5.55. The van der Waals surface area contributed by atoms with Crippen LogP contribution in [-0.2, 0) is 16.3 Å². The molecule has 0 aliphatic heterocycles. The Morgan fingerprint density at radius 3 is 2.71 bits per heavy atom. The fourth-order valence-electron chi connectivity index (χ4n) is 3.14. The van der Waals surface area contributed by atoms with E-state index >= 15 is 0 Å². The number of nitrogens with two attached hydrogens (primary N) is 1. The molecule has 0 aliphatic carbocycles. The topological polar surface area (TPSA) is 104 Å². The van der Waals surface area contributed by atoms with Crippen molar-refractivity contribution in [1.82, 2.24) is 19.7 Å². The zero-order valence-electron chi connectivity index (χ0n) is 15.2. The van der Waals surface area contributed by atoms with Gasteiger partial charge in [0.1, 0.15) is 0 Å². The maximum absolute atomic E-state index is 11.8. The summed E-state index contributed by atoms with van der Waals surface area (Å²) < 4.78 is 25.3. The van der Waals surface area contributed by atoms with Crippen molar-refractivity contribution in [3.05, 3.63) is 78.4 Å². The predicted molar refractivity (Wildman–Crippen MR) is 107 cm³/mol. The SMILES string of the molecule is CS(=O)(=O)c1cccc(CC(N)c2ncccc2-n2ncc3ccccc32)n1. The van der Waals surface area contributed by atoms with Crippen LogP contribution in [0.3, 0.4) is 0 Å². The lowest BCUT2D eigenvalue weighted by Crippen LogP contribution is -2.19. The van der Waals surface area contributed by atoms with Gasteiger partial charge in [-0.25, -0.2) is 18.1 Å². The smallest absolute Gasteiger partial charge is 0.192 e. The number of hydrogen-bond acceptors (Lipinski definition) is 6. The van der Waals surface area contributed by atoms with Gasteiger partial charge in [-0.05, 0) is 30.3 Å². The van der Waals surface area contributed by atoms with Crippen molar-refractivity contribution < 1.29 is 8.42 Å². The second-order valence-corrected chi connectivity index (χ2v) is 8.54. The minimum atomic E-state index is -3.38. The number of nitrogens with zero attached hydrogens (tertiary/aromatic N) is 4. The average Bonchev–Trinajstić information content (AvgIpc) is 3.11. The Morgan fingerprint density at radius 1 is 1.07 bits per heavy atom. The van der Waals surface area contributed by atoms with Gasteiger partial charge in [0, 0.05) is 30.0 Å². The minimum Gasteiger partial charge on any atom is -0.322 e. The molecular weight excluding hydrogens is 374 g/mol. The quantitative estimate of drug-likeness (QED) is 0.559. The van der Waals surface area contributed by atoms with Crippen molar-refractivity contribution in [3.63, 3.8) is 0 Å². The number of benzene rings is 1. The number of aromatic nitrogens is 4. The summed E-state index contributed by atoms with van der Waals surface area (Å²) in [4.78, 5) is 8.71. The predicted octanol–water partition coefficient (Wildman–Crippen LogP) is 2.46. The van der Waals surface area contributed by atoms with Gasteiger partial charge >= 0.3 is 0 Å². The molecule has 3 heterocycles. The maximum Gasteiger partial charge on any atom is 0.192 e. The molecule has 0 bridgehead atoms. The number of hydrogen-bond donors (Lipinski definition) is 1. The van der Waals surface area contributed by atoms with E-state index in [0.717, 1.165) is 22.8 Å². The highest BCUT2D eigenvalue weighted by Crippen LogP contribution is 2.24. The molecule has 1 unspecified atom stereocenters. The van der Waals surface area contributed by atoms with Gasteiger partial charge in [-0.1, -0.05) is 24.3 Å². The Morgan fingerprint density at radius 2 is 1.89 bits per heavy atom. The van der Waals surface area contributed by atoms with Crippen molar-refractivity contribution in [2.45, 2.75) is 17.5 Å². The average molecular weight is 393 g/mol. The van der Waals surface area contributed by atoms with E-state index in [-0.39, 0.29) is 5.03 Å². The standard InChI is InChI=1S/C20H19N5O2S/c1-28(26,27)19-10-4-7-15(24-19)12-16(21)20-18(9-5-11-22-20)25-17-8-3-2-6-14(17)13-23-25/h2-11,13,16H,12,21H2,1H3. The molecule has 8 heteroatoms. The lowest BCUT2D eigenvalue weighted by molar-refractivity contribution is 0.596. The first-order valence-electron chi connectivity index (χ1n) is 8.73. The Balaban J connectivity index is 1.71. The third-order valence-corrected chi connectivity index (χ3v) is 5.45. The zero-order valence-corrected chi connectivity index (χ0v) is 16.0. The Labute approximate surface area is 162 Å². The molecule has 0 fully saturated rings. The molecule has 0 spiro atoms. The molecule has 4 aromatic rings. The molecule has 0 radical (unpaired) electrons. The number of rotatable bonds is 5. The van der Waals surface area contributed by atoms with E-state index in [1.807, 2.05) is 41.1 Å². The van der Waals surface area contributed by atoms with E-state index in [2.05, 4.69) is 15.1 Å². The van der Waals surface area contributed by atoms with Crippen LogP contribution < -0.4 is 5.73 Å². The van der Waals surface area contributed by atoms with Crippen molar-refractivity contribution in [1.29, 1.82) is 0 Å². The lowest BCUT2D eigenvalue weighted by Gasteiger charge is -2.16. The third kappa shape index (κ3) is 3.51. The normalized spacial score (nSPS) is 12.9. The highest BCUT2D eigenvalue weighted by molar-refractivity contribution is 7.90. The fraction of sp³-hybridized carbons (Fsp3) is 0.150. The molecule has 0 saturated carbocycles. The van der Waals surface area contributed by atoms with E-state index in [1.165, 1.54) is 6.07 Å². The van der Waals surface area contributed by atoms with Crippen LogP contribution in [0.15, 0.2) is 72.0 Å². The van der Waals surface area contributed by atoms with Gasteiger partial charge in [0.25, 0.3) is 0 Å². The Bertz CT molecular complexity index is 1250. The number of sulfone groups is 1. The first kappa shape index (κ1) is 18.3. The monoisotopic (exact) mass is 393 g/mol. The van der Waals surface area contributed by atoms with Crippen LogP contribution in [0.25, 0.3) is 16.6 Å². The molecule has 7 nitrogen and oxygen atoms in total. The lowest BCUT2D eigenvalue weighted by atomic mass is 10.1. The maximum atomic E-state index is 11.8. The largest absolute Gasteiger partial charge is 0.322 e. The van der Waals surface area contributed by atoms with E-state index in [0.29, 0.717) is 17.8 Å². The molecule has 1 aromatic carbocycles. The van der Waals surface area contributed by atoms with Crippen LogP contribution in [-0.4, -0.2) is 34.4 Å². The molecule has 28 heavy (non-hydrogen) atoms. The minimum absolute atomic E-state index is 0.0384. The second kappa shape index (κ2) is 7.14. The first-order valence-corrected chi connectivity index (χ1v) is 10.6. The van der Waals surface area contributed by atoms with Crippen molar-refractivity contribution in [2.24, 2.45) is 5.73 Å². The second-order valence-electron chi connectivity index (χ2n) is 6.57. The van der Waals surface area contributed by atoms with Gasteiger partial charge < -0.3 is 5.73 Å². The van der Waals surface area contributed by atoms with Crippen molar-refractivity contribution in [2.75, 3.05) is 6.26 Å². The van der Waals surface area contributed by atoms with Crippen LogP contribution in [0.2, 0.25) is 0 Å². The van der Waals surface area contributed by atoms with Gasteiger partial charge in [-0.15, -0.1) is 0 Å². The Hall–Kier alpha value is -3.10. The molecule has 3 aromatic heterocycles. The van der Waals surface area contributed by atoms with E-state index in [1.54, 1.807) is 24.5 Å². The van der Waals surface area contributed by atoms with Crippen LogP contribution in [0.5, 0.6) is 0 Å². The summed E-state index contributed by atoms with van der Waals surface area (Å²) >= 11 is 0. The molecule has 0 saturated heterocycles. The summed E-state index contributed by atoms with van der Waals surface area (Å²) in [7, 11) is -3.38. The molecule has 4 rings (SSSR count). The highest BCUT2D eigenvalue weighted by atomic mass is 32.2. The zero-order chi connectivity index (χ0) is 19.7. The van der Waals surface area contributed by atoms with Crippen molar-refractivity contribution in [3.8, 4) is 5.69 Å². The Kier molecular flexibility index (Phi) is 4.66. The molecule has 2 N–H and O–H groups in total. The summed E-state index contributed by atoms with van der Waals surface area (Å²) in [6.07, 6.45) is 4.98. The number of fused-ring (bicyclic) bond motifs is 1. The van der Waals surface area contributed by atoms with E-state index in [9.17, 15) is 8.42 Å². The van der Waals surface area contributed by atoms with E-state index in [4.69, 9.17) is 5.73 Å². The summed E-state index contributed by atoms with van der Waals surface area (Å²) in [5.41, 5.74) is 9.46. The number of para-hydroxylation sites is 1. The van der Waals surface area contributed by atoms with Crippen LogP contribution in [0.1, 0.15) is 17.4 Å². The molecular formula is C20H19N5O2S.